The molecule has 0 bridgehead atoms. The van der Waals surface area contributed by atoms with Gasteiger partial charge in [0.25, 0.3) is 11.6 Å². The topological polar surface area (TPSA) is 89.8 Å². The van der Waals surface area contributed by atoms with Crippen LogP contribution in [-0.4, -0.2) is 42.1 Å². The van der Waals surface area contributed by atoms with Gasteiger partial charge in [0.1, 0.15) is 0 Å². The predicted octanol–water partition coefficient (Wildman–Crippen LogP) is 3.30. The lowest BCUT2D eigenvalue weighted by Gasteiger charge is -2.21. The van der Waals surface area contributed by atoms with Crippen molar-refractivity contribution in [2.45, 2.75) is 11.0 Å². The van der Waals surface area contributed by atoms with Crippen molar-refractivity contribution >= 4 is 29.3 Å². The number of amides is 1. The van der Waals surface area contributed by atoms with Gasteiger partial charge in [0, 0.05) is 25.7 Å². The SMILES string of the molecule is CSc1ccc(C(=O)OC(C(=O)N(C)C)c2ccccc2)cc1[N+](=O)[O-]. The van der Waals surface area contributed by atoms with Crippen molar-refractivity contribution in [1.29, 1.82) is 0 Å². The third-order valence-electron chi connectivity index (χ3n) is 3.60. The van der Waals surface area contributed by atoms with Crippen LogP contribution in [0.2, 0.25) is 0 Å². The number of benzene rings is 2. The molecule has 0 aliphatic carbocycles. The van der Waals surface area contributed by atoms with Gasteiger partial charge in [-0.3, -0.25) is 14.9 Å². The van der Waals surface area contributed by atoms with Crippen LogP contribution in [0.15, 0.2) is 53.4 Å². The van der Waals surface area contributed by atoms with E-state index in [2.05, 4.69) is 0 Å². The second-order valence-corrected chi connectivity index (χ2v) is 6.42. The molecule has 1 unspecified atom stereocenters. The highest BCUT2D eigenvalue weighted by molar-refractivity contribution is 7.98. The largest absolute Gasteiger partial charge is 0.444 e. The Morgan fingerprint density at radius 1 is 1.15 bits per heavy atom. The molecule has 0 aliphatic rings. The molecule has 7 nitrogen and oxygen atoms in total. The summed E-state index contributed by atoms with van der Waals surface area (Å²) >= 11 is 1.21. The summed E-state index contributed by atoms with van der Waals surface area (Å²) in [6.07, 6.45) is 0.583. The molecular formula is C18H18N2O5S. The first kappa shape index (κ1) is 19.5. The van der Waals surface area contributed by atoms with E-state index in [1.165, 1.54) is 28.8 Å². The van der Waals surface area contributed by atoms with Gasteiger partial charge in [0.2, 0.25) is 6.10 Å². The zero-order chi connectivity index (χ0) is 19.3. The van der Waals surface area contributed by atoms with Crippen molar-refractivity contribution in [2.75, 3.05) is 20.4 Å². The zero-order valence-electron chi connectivity index (χ0n) is 14.5. The van der Waals surface area contributed by atoms with E-state index in [9.17, 15) is 19.7 Å². The lowest BCUT2D eigenvalue weighted by Crippen LogP contribution is -2.31. The molecule has 0 saturated carbocycles. The molecule has 0 fully saturated rings. The molecule has 0 aliphatic heterocycles. The summed E-state index contributed by atoms with van der Waals surface area (Å²) in [7, 11) is 3.12. The molecule has 0 aromatic heterocycles. The van der Waals surface area contributed by atoms with Crippen molar-refractivity contribution < 1.29 is 19.2 Å². The van der Waals surface area contributed by atoms with Gasteiger partial charge in [-0.25, -0.2) is 4.79 Å². The van der Waals surface area contributed by atoms with Gasteiger partial charge < -0.3 is 9.64 Å². The van der Waals surface area contributed by atoms with E-state index in [1.807, 2.05) is 0 Å². The van der Waals surface area contributed by atoms with Crippen LogP contribution < -0.4 is 0 Å². The minimum absolute atomic E-state index is 0.0157. The summed E-state index contributed by atoms with van der Waals surface area (Å²) in [5.41, 5.74) is 0.360. The van der Waals surface area contributed by atoms with Crippen molar-refractivity contribution in [3.63, 3.8) is 0 Å². The smallest absolute Gasteiger partial charge is 0.339 e. The number of likely N-dealkylation sites (N-methyl/N-ethyl adjacent to an activating group) is 1. The monoisotopic (exact) mass is 374 g/mol. The van der Waals surface area contributed by atoms with E-state index in [0.717, 1.165) is 6.07 Å². The number of hydrogen-bond acceptors (Lipinski definition) is 6. The number of nitro groups is 1. The fourth-order valence-electron chi connectivity index (χ4n) is 2.26. The quantitative estimate of drug-likeness (QED) is 0.333. The van der Waals surface area contributed by atoms with Crippen LogP contribution in [0.25, 0.3) is 0 Å². The third kappa shape index (κ3) is 4.40. The number of nitrogens with zero attached hydrogens (tertiary/aromatic N) is 2. The van der Waals surface area contributed by atoms with Gasteiger partial charge in [-0.05, 0) is 18.4 Å². The van der Waals surface area contributed by atoms with Gasteiger partial charge in [0.05, 0.1) is 15.4 Å². The zero-order valence-corrected chi connectivity index (χ0v) is 15.4. The van der Waals surface area contributed by atoms with E-state index in [4.69, 9.17) is 4.74 Å². The molecule has 0 N–H and O–H groups in total. The number of carbonyl (C=O) groups is 2. The Bertz CT molecular complexity index is 824. The standard InChI is InChI=1S/C18H18N2O5S/c1-19(2)17(21)16(12-7-5-4-6-8-12)25-18(22)13-9-10-15(26-3)14(11-13)20(23)24/h4-11,16H,1-3H3. The summed E-state index contributed by atoms with van der Waals surface area (Å²) in [6, 6.07) is 12.7. The maximum Gasteiger partial charge on any atom is 0.339 e. The molecule has 136 valence electrons. The van der Waals surface area contributed by atoms with Gasteiger partial charge in [0.15, 0.2) is 0 Å². The van der Waals surface area contributed by atoms with Crippen molar-refractivity contribution in [3.8, 4) is 0 Å². The molecule has 0 radical (unpaired) electrons. The Morgan fingerprint density at radius 3 is 2.35 bits per heavy atom. The van der Waals surface area contributed by atoms with Gasteiger partial charge >= 0.3 is 5.97 Å². The Hall–Kier alpha value is -2.87. The maximum absolute atomic E-state index is 12.5. The Labute approximate surface area is 155 Å². The fourth-order valence-corrected chi connectivity index (χ4v) is 2.80. The van der Waals surface area contributed by atoms with Crippen LogP contribution >= 0.6 is 11.8 Å². The molecule has 2 rings (SSSR count). The van der Waals surface area contributed by atoms with Crippen LogP contribution in [0, 0.1) is 10.1 Å². The van der Waals surface area contributed by atoms with Crippen LogP contribution in [0.4, 0.5) is 5.69 Å². The molecule has 26 heavy (non-hydrogen) atoms. The van der Waals surface area contributed by atoms with E-state index >= 15 is 0 Å². The summed E-state index contributed by atoms with van der Waals surface area (Å²) in [6.45, 7) is 0. The van der Waals surface area contributed by atoms with Crippen LogP contribution in [0.5, 0.6) is 0 Å². The van der Waals surface area contributed by atoms with E-state index in [0.29, 0.717) is 10.5 Å². The summed E-state index contributed by atoms with van der Waals surface area (Å²) in [5.74, 6) is -1.20. The summed E-state index contributed by atoms with van der Waals surface area (Å²) < 4.78 is 5.39. The van der Waals surface area contributed by atoms with Crippen LogP contribution in [-0.2, 0) is 9.53 Å². The maximum atomic E-state index is 12.5. The first-order chi connectivity index (χ1) is 12.3. The number of esters is 1. The third-order valence-corrected chi connectivity index (χ3v) is 4.39. The van der Waals surface area contributed by atoms with Gasteiger partial charge in [-0.1, -0.05) is 30.3 Å². The molecule has 1 amide bonds. The Balaban J connectivity index is 2.34. The first-order valence-corrected chi connectivity index (χ1v) is 8.87. The Kier molecular flexibility index (Phi) is 6.35. The highest BCUT2D eigenvalue weighted by Crippen LogP contribution is 2.29. The lowest BCUT2D eigenvalue weighted by atomic mass is 10.1. The highest BCUT2D eigenvalue weighted by Gasteiger charge is 2.28. The first-order valence-electron chi connectivity index (χ1n) is 7.64. The van der Waals surface area contributed by atoms with Gasteiger partial charge in [-0.15, -0.1) is 11.8 Å². The fraction of sp³-hybridized carbons (Fsp3) is 0.222. The van der Waals surface area contributed by atoms with Crippen molar-refractivity contribution in [1.82, 2.24) is 4.90 Å². The number of ether oxygens (including phenoxy) is 1. The van der Waals surface area contributed by atoms with Crippen LogP contribution in [0.1, 0.15) is 22.0 Å². The second kappa shape index (κ2) is 8.48. The molecule has 1 atom stereocenters. The van der Waals surface area contributed by atoms with E-state index in [1.54, 1.807) is 50.7 Å². The van der Waals surface area contributed by atoms with E-state index < -0.39 is 22.9 Å². The van der Waals surface area contributed by atoms with Gasteiger partial charge in [-0.2, -0.15) is 0 Å². The average Bonchev–Trinajstić information content (AvgIpc) is 2.65. The normalized spacial score (nSPS) is 11.5. The highest BCUT2D eigenvalue weighted by atomic mass is 32.2. The number of thioether (sulfide) groups is 1. The molecule has 0 saturated heterocycles. The molecule has 2 aromatic rings. The number of rotatable bonds is 6. The average molecular weight is 374 g/mol. The molecule has 8 heteroatoms. The van der Waals surface area contributed by atoms with E-state index in [-0.39, 0.29) is 11.3 Å². The van der Waals surface area contributed by atoms with Crippen LogP contribution in [0.3, 0.4) is 0 Å². The molecule has 2 aromatic carbocycles. The second-order valence-electron chi connectivity index (χ2n) is 5.57. The number of hydrogen-bond donors (Lipinski definition) is 0. The minimum Gasteiger partial charge on any atom is -0.444 e. The number of nitro benzene ring substituents is 1. The van der Waals surface area contributed by atoms with Crippen molar-refractivity contribution in [2.24, 2.45) is 0 Å². The summed E-state index contributed by atoms with van der Waals surface area (Å²) in [4.78, 5) is 37.3. The minimum atomic E-state index is -1.13. The molecular weight excluding hydrogens is 356 g/mol. The number of carbonyl (C=O) groups excluding carboxylic acids is 2. The Morgan fingerprint density at radius 2 is 1.81 bits per heavy atom. The molecule has 0 heterocycles. The summed E-state index contributed by atoms with van der Waals surface area (Å²) in [5, 5.41) is 11.2. The van der Waals surface area contributed by atoms with Crippen molar-refractivity contribution in [3.05, 3.63) is 69.8 Å². The predicted molar refractivity (Wildman–Crippen MR) is 98.2 cm³/mol. The lowest BCUT2D eigenvalue weighted by molar-refractivity contribution is -0.387. The molecule has 0 spiro atoms.